The molecule has 160 valence electrons. The Morgan fingerprint density at radius 1 is 1.32 bits per heavy atom. The Labute approximate surface area is 182 Å². The highest BCUT2D eigenvalue weighted by Crippen LogP contribution is 2.48. The number of ether oxygens (including phenoxy) is 1. The van der Waals surface area contributed by atoms with Crippen molar-refractivity contribution in [2.24, 2.45) is 5.73 Å². The van der Waals surface area contributed by atoms with Crippen molar-refractivity contribution >= 4 is 34.5 Å². The smallest absolute Gasteiger partial charge is 0.338 e. The number of para-hydroxylation sites is 2. The lowest BCUT2D eigenvalue weighted by molar-refractivity contribution is -0.384. The van der Waals surface area contributed by atoms with Crippen LogP contribution in [0.25, 0.3) is 0 Å². The van der Waals surface area contributed by atoms with Crippen molar-refractivity contribution in [3.63, 3.8) is 0 Å². The molecule has 0 amide bonds. The van der Waals surface area contributed by atoms with Gasteiger partial charge in [-0.1, -0.05) is 12.1 Å². The van der Waals surface area contributed by atoms with E-state index in [4.69, 9.17) is 10.5 Å². The third-order valence-corrected chi connectivity index (χ3v) is 6.19. The molecule has 31 heavy (non-hydrogen) atoms. The number of nitro benzene ring substituents is 1. The van der Waals surface area contributed by atoms with Crippen LogP contribution in [0.5, 0.6) is 0 Å². The maximum Gasteiger partial charge on any atom is 0.338 e. The van der Waals surface area contributed by atoms with Crippen LogP contribution in [0.2, 0.25) is 0 Å². The second-order valence-electron chi connectivity index (χ2n) is 7.23. The largest absolute Gasteiger partial charge is 0.463 e. The summed E-state index contributed by atoms with van der Waals surface area (Å²) in [5.41, 5.74) is 8.58. The molecule has 1 aliphatic carbocycles. The molecule has 1 aromatic heterocycles. The molecule has 2 heterocycles. The van der Waals surface area contributed by atoms with Gasteiger partial charge in [-0.3, -0.25) is 19.8 Å². The number of nitrogens with two attached hydrogens (primary N) is 1. The molecule has 1 unspecified atom stereocenters. The zero-order valence-electron chi connectivity index (χ0n) is 16.9. The summed E-state index contributed by atoms with van der Waals surface area (Å²) >= 11 is 1.45. The minimum atomic E-state index is -0.660. The van der Waals surface area contributed by atoms with Crippen molar-refractivity contribution in [2.45, 2.75) is 32.1 Å². The van der Waals surface area contributed by atoms with Crippen LogP contribution in [0.4, 0.5) is 11.4 Å². The van der Waals surface area contributed by atoms with Crippen molar-refractivity contribution < 1.29 is 19.2 Å². The SMILES string of the molecule is CCOC(=O)C1=C(N)N(c2ccccc2[N+](=O)[O-])C2=C(C(=O)CCC2)C1c1ccsc1. The summed E-state index contributed by atoms with van der Waals surface area (Å²) in [6.45, 7) is 1.82. The molecule has 2 aliphatic rings. The fourth-order valence-electron chi connectivity index (χ4n) is 4.25. The van der Waals surface area contributed by atoms with E-state index >= 15 is 0 Å². The molecule has 4 rings (SSSR count). The number of benzene rings is 1. The quantitative estimate of drug-likeness (QED) is 0.425. The van der Waals surface area contributed by atoms with Gasteiger partial charge in [-0.2, -0.15) is 11.3 Å². The number of nitrogens with zero attached hydrogens (tertiary/aromatic N) is 2. The molecule has 0 bridgehead atoms. The number of rotatable bonds is 5. The first-order chi connectivity index (χ1) is 15.0. The lowest BCUT2D eigenvalue weighted by Gasteiger charge is -2.40. The van der Waals surface area contributed by atoms with Crippen LogP contribution < -0.4 is 10.6 Å². The van der Waals surface area contributed by atoms with Gasteiger partial charge in [0.15, 0.2) is 5.78 Å². The van der Waals surface area contributed by atoms with Crippen molar-refractivity contribution in [1.82, 2.24) is 0 Å². The van der Waals surface area contributed by atoms with E-state index in [-0.39, 0.29) is 35.2 Å². The van der Waals surface area contributed by atoms with Crippen molar-refractivity contribution in [3.05, 3.63) is 79.4 Å². The van der Waals surface area contributed by atoms with Gasteiger partial charge < -0.3 is 10.5 Å². The molecule has 1 aliphatic heterocycles. The van der Waals surface area contributed by atoms with Crippen LogP contribution in [-0.2, 0) is 14.3 Å². The lowest BCUT2D eigenvalue weighted by atomic mass is 9.76. The summed E-state index contributed by atoms with van der Waals surface area (Å²) in [5.74, 6) is -1.33. The molecule has 1 aromatic carbocycles. The Morgan fingerprint density at radius 2 is 2.10 bits per heavy atom. The van der Waals surface area contributed by atoms with E-state index in [1.165, 1.54) is 22.3 Å². The normalized spacial score (nSPS) is 18.8. The van der Waals surface area contributed by atoms with Gasteiger partial charge in [0.05, 0.1) is 23.0 Å². The van der Waals surface area contributed by atoms with Crippen LogP contribution in [0, 0.1) is 10.1 Å². The van der Waals surface area contributed by atoms with Gasteiger partial charge in [-0.05, 0) is 48.2 Å². The first-order valence-electron chi connectivity index (χ1n) is 9.94. The molecule has 0 saturated carbocycles. The number of esters is 1. The summed E-state index contributed by atoms with van der Waals surface area (Å²) in [6.07, 6.45) is 1.47. The summed E-state index contributed by atoms with van der Waals surface area (Å²) in [6, 6.07) is 8.03. The Bertz CT molecular complexity index is 1120. The van der Waals surface area contributed by atoms with E-state index in [1.54, 1.807) is 25.1 Å². The Hall–Kier alpha value is -3.46. The summed E-state index contributed by atoms with van der Waals surface area (Å²) < 4.78 is 5.29. The number of allylic oxidation sites excluding steroid dienone is 2. The number of anilines is 1. The number of carbonyl (C=O) groups excluding carboxylic acids is 2. The monoisotopic (exact) mass is 439 g/mol. The van der Waals surface area contributed by atoms with Crippen molar-refractivity contribution in [2.75, 3.05) is 11.5 Å². The van der Waals surface area contributed by atoms with Crippen LogP contribution in [-0.4, -0.2) is 23.3 Å². The fourth-order valence-corrected chi connectivity index (χ4v) is 4.94. The Kier molecular flexibility index (Phi) is 5.60. The second-order valence-corrected chi connectivity index (χ2v) is 8.01. The Balaban J connectivity index is 2.02. The van der Waals surface area contributed by atoms with Crippen molar-refractivity contribution in [1.29, 1.82) is 0 Å². The number of ketones is 1. The molecule has 0 saturated heterocycles. The first-order valence-corrected chi connectivity index (χ1v) is 10.9. The van der Waals surface area contributed by atoms with Crippen LogP contribution in [0.1, 0.15) is 37.7 Å². The molecule has 1 atom stereocenters. The highest BCUT2D eigenvalue weighted by molar-refractivity contribution is 7.08. The molecule has 8 nitrogen and oxygen atoms in total. The maximum absolute atomic E-state index is 13.1. The molecule has 2 aromatic rings. The highest BCUT2D eigenvalue weighted by Gasteiger charge is 2.44. The number of hydrogen-bond acceptors (Lipinski definition) is 8. The molecule has 9 heteroatoms. The number of hydrogen-bond donors (Lipinski definition) is 1. The van der Waals surface area contributed by atoms with Gasteiger partial charge in [0.25, 0.3) is 5.69 Å². The average molecular weight is 439 g/mol. The van der Waals surface area contributed by atoms with E-state index < -0.39 is 16.8 Å². The summed E-state index contributed by atoms with van der Waals surface area (Å²) in [5, 5.41) is 15.5. The minimum absolute atomic E-state index is 0.0531. The highest BCUT2D eigenvalue weighted by atomic mass is 32.1. The molecule has 0 fully saturated rings. The van der Waals surface area contributed by atoms with Crippen LogP contribution >= 0.6 is 11.3 Å². The molecule has 0 radical (unpaired) electrons. The van der Waals surface area contributed by atoms with E-state index in [2.05, 4.69) is 0 Å². The third kappa shape index (κ3) is 3.50. The molecule has 0 spiro atoms. The number of carbonyl (C=O) groups is 2. The average Bonchev–Trinajstić information content (AvgIpc) is 3.28. The van der Waals surface area contributed by atoms with Crippen molar-refractivity contribution in [3.8, 4) is 0 Å². The second kappa shape index (κ2) is 8.35. The summed E-state index contributed by atoms with van der Waals surface area (Å²) in [4.78, 5) is 38.9. The number of Topliss-reactive ketones (excluding diaryl/α,β-unsaturated/α-hetero) is 1. The van der Waals surface area contributed by atoms with E-state index in [0.717, 1.165) is 5.56 Å². The van der Waals surface area contributed by atoms with Gasteiger partial charge in [0, 0.05) is 23.8 Å². The molecular weight excluding hydrogens is 418 g/mol. The predicted molar refractivity (Wildman–Crippen MR) is 116 cm³/mol. The molecular formula is C22H21N3O5S. The Morgan fingerprint density at radius 3 is 2.77 bits per heavy atom. The third-order valence-electron chi connectivity index (χ3n) is 5.48. The van der Waals surface area contributed by atoms with Gasteiger partial charge in [-0.15, -0.1) is 0 Å². The van der Waals surface area contributed by atoms with Gasteiger partial charge in [-0.25, -0.2) is 4.79 Å². The maximum atomic E-state index is 13.1. The fraction of sp³-hybridized carbons (Fsp3) is 0.273. The summed E-state index contributed by atoms with van der Waals surface area (Å²) in [7, 11) is 0. The van der Waals surface area contributed by atoms with Crippen LogP contribution in [0.15, 0.2) is 63.8 Å². The van der Waals surface area contributed by atoms with Gasteiger partial charge in [0.2, 0.25) is 0 Å². The predicted octanol–water partition coefficient (Wildman–Crippen LogP) is 4.00. The van der Waals surface area contributed by atoms with E-state index in [9.17, 15) is 19.7 Å². The zero-order valence-corrected chi connectivity index (χ0v) is 17.7. The zero-order chi connectivity index (χ0) is 22.1. The standard InChI is InChI=1S/C22H21N3O5S/c1-2-30-22(27)20-18(13-10-11-31-12-13)19-16(8-5-9-17(19)26)24(21(20)23)14-6-3-4-7-15(14)25(28)29/h3-4,6-7,10-12,18H,2,5,8-9,23H2,1H3. The topological polar surface area (TPSA) is 116 Å². The number of nitro groups is 1. The minimum Gasteiger partial charge on any atom is -0.463 e. The van der Waals surface area contributed by atoms with E-state index in [1.807, 2.05) is 16.8 Å². The van der Waals surface area contributed by atoms with Gasteiger partial charge >= 0.3 is 5.97 Å². The van der Waals surface area contributed by atoms with E-state index in [0.29, 0.717) is 30.5 Å². The van der Waals surface area contributed by atoms with Crippen LogP contribution in [0.3, 0.4) is 0 Å². The number of thiophene rings is 1. The lowest BCUT2D eigenvalue weighted by Crippen LogP contribution is -2.41. The molecule has 2 N–H and O–H groups in total. The van der Waals surface area contributed by atoms with Gasteiger partial charge in [0.1, 0.15) is 11.5 Å². The first kappa shape index (κ1) is 20.8.